The van der Waals surface area contributed by atoms with Gasteiger partial charge in [-0.1, -0.05) is 12.1 Å². The molecule has 0 unspecified atom stereocenters. The van der Waals surface area contributed by atoms with Crippen molar-refractivity contribution in [3.05, 3.63) is 57.7 Å². The van der Waals surface area contributed by atoms with Crippen molar-refractivity contribution in [2.45, 2.75) is 13.8 Å². The van der Waals surface area contributed by atoms with Crippen molar-refractivity contribution in [2.24, 2.45) is 0 Å². The number of benzene rings is 2. The van der Waals surface area contributed by atoms with Crippen LogP contribution in [0.3, 0.4) is 0 Å². The van der Waals surface area contributed by atoms with Gasteiger partial charge in [0.05, 0.1) is 10.8 Å². The van der Waals surface area contributed by atoms with E-state index in [1.54, 1.807) is 6.07 Å². The molecule has 0 atom stereocenters. The van der Waals surface area contributed by atoms with Crippen LogP contribution in [-0.2, 0) is 0 Å². The Labute approximate surface area is 98.5 Å². The summed E-state index contributed by atoms with van der Waals surface area (Å²) in [6, 6.07) is 11.2. The van der Waals surface area contributed by atoms with Crippen LogP contribution < -0.4 is 5.43 Å². The molecule has 3 aromatic rings. The van der Waals surface area contributed by atoms with E-state index in [4.69, 9.17) is 4.42 Å². The lowest BCUT2D eigenvalue weighted by Crippen LogP contribution is -2.02. The van der Waals surface area contributed by atoms with Crippen molar-refractivity contribution in [1.82, 2.24) is 0 Å². The fourth-order valence-electron chi connectivity index (χ4n) is 2.06. The smallest absolute Gasteiger partial charge is 0.200 e. The summed E-state index contributed by atoms with van der Waals surface area (Å²) in [5, 5.41) is 1.30. The average molecular weight is 224 g/mol. The van der Waals surface area contributed by atoms with Gasteiger partial charge in [-0.25, -0.2) is 0 Å². The highest BCUT2D eigenvalue weighted by Crippen LogP contribution is 2.21. The van der Waals surface area contributed by atoms with E-state index in [9.17, 15) is 4.79 Å². The Morgan fingerprint density at radius 2 is 1.59 bits per heavy atom. The predicted molar refractivity (Wildman–Crippen MR) is 69.5 cm³/mol. The number of aryl methyl sites for hydroxylation is 2. The van der Waals surface area contributed by atoms with E-state index in [-0.39, 0.29) is 5.43 Å². The number of rotatable bonds is 0. The van der Waals surface area contributed by atoms with E-state index in [0.29, 0.717) is 21.9 Å². The highest BCUT2D eigenvalue weighted by atomic mass is 16.3. The summed E-state index contributed by atoms with van der Waals surface area (Å²) in [5.74, 6) is 0. The molecule has 0 saturated heterocycles. The minimum atomic E-state index is 0.0463. The second kappa shape index (κ2) is 3.45. The molecule has 0 N–H and O–H groups in total. The van der Waals surface area contributed by atoms with Crippen LogP contribution in [0.5, 0.6) is 0 Å². The summed E-state index contributed by atoms with van der Waals surface area (Å²) < 4.78 is 5.76. The van der Waals surface area contributed by atoms with E-state index in [0.717, 1.165) is 11.1 Å². The van der Waals surface area contributed by atoms with Gasteiger partial charge in [-0.05, 0) is 49.2 Å². The third kappa shape index (κ3) is 1.45. The zero-order valence-electron chi connectivity index (χ0n) is 9.78. The third-order valence-electron chi connectivity index (χ3n) is 3.19. The van der Waals surface area contributed by atoms with Crippen LogP contribution in [-0.4, -0.2) is 0 Å². The Morgan fingerprint density at radius 1 is 0.882 bits per heavy atom. The lowest BCUT2D eigenvalue weighted by atomic mass is 10.1. The van der Waals surface area contributed by atoms with Crippen molar-refractivity contribution in [3.63, 3.8) is 0 Å². The molecule has 0 amide bonds. The first-order valence-electron chi connectivity index (χ1n) is 5.59. The molecule has 0 radical (unpaired) electrons. The zero-order valence-corrected chi connectivity index (χ0v) is 9.78. The summed E-state index contributed by atoms with van der Waals surface area (Å²) in [4.78, 5) is 12.3. The van der Waals surface area contributed by atoms with Gasteiger partial charge >= 0.3 is 0 Å². The van der Waals surface area contributed by atoms with E-state index in [1.807, 2.05) is 44.2 Å². The Bertz CT molecular complexity index is 782. The molecule has 0 bridgehead atoms. The fraction of sp³-hybridized carbons (Fsp3) is 0.133. The largest absolute Gasteiger partial charge is 0.456 e. The molecule has 1 heterocycles. The Morgan fingerprint density at radius 3 is 2.41 bits per heavy atom. The van der Waals surface area contributed by atoms with Crippen molar-refractivity contribution >= 4 is 21.9 Å². The molecule has 2 aromatic carbocycles. The molecule has 17 heavy (non-hydrogen) atoms. The quantitative estimate of drug-likeness (QED) is 0.546. The molecule has 0 aliphatic carbocycles. The number of hydrogen-bond acceptors (Lipinski definition) is 2. The standard InChI is InChI=1S/C15H12O2/c1-9-7-12-14(8-10(9)2)17-13-6-4-3-5-11(13)15(12)16/h3-8H,1-2H3. The molecular formula is C15H12O2. The predicted octanol–water partition coefficient (Wildman–Crippen LogP) is 3.56. The van der Waals surface area contributed by atoms with Crippen LogP contribution in [0.4, 0.5) is 0 Å². The number of para-hydroxylation sites is 1. The van der Waals surface area contributed by atoms with Crippen LogP contribution in [0.1, 0.15) is 11.1 Å². The van der Waals surface area contributed by atoms with Gasteiger partial charge in [-0.3, -0.25) is 4.79 Å². The SMILES string of the molecule is Cc1cc2oc3ccccc3c(=O)c2cc1C. The average Bonchev–Trinajstić information content (AvgIpc) is 2.32. The maximum absolute atomic E-state index is 12.3. The third-order valence-corrected chi connectivity index (χ3v) is 3.19. The highest BCUT2D eigenvalue weighted by molar-refractivity contribution is 5.90. The molecule has 0 aliphatic heterocycles. The summed E-state index contributed by atoms with van der Waals surface area (Å²) in [6.45, 7) is 4.02. The van der Waals surface area contributed by atoms with E-state index < -0.39 is 0 Å². The van der Waals surface area contributed by atoms with Gasteiger partial charge in [0.15, 0.2) is 0 Å². The molecule has 1 aromatic heterocycles. The maximum Gasteiger partial charge on any atom is 0.200 e. The van der Waals surface area contributed by atoms with E-state index in [1.165, 1.54) is 0 Å². The molecule has 2 heteroatoms. The van der Waals surface area contributed by atoms with Crippen molar-refractivity contribution in [2.75, 3.05) is 0 Å². The van der Waals surface area contributed by atoms with E-state index in [2.05, 4.69) is 0 Å². The van der Waals surface area contributed by atoms with Gasteiger partial charge in [-0.15, -0.1) is 0 Å². The van der Waals surface area contributed by atoms with Gasteiger partial charge in [0, 0.05) is 0 Å². The van der Waals surface area contributed by atoms with Gasteiger partial charge in [-0.2, -0.15) is 0 Å². The Hall–Kier alpha value is -2.09. The van der Waals surface area contributed by atoms with Gasteiger partial charge < -0.3 is 4.42 Å². The molecule has 84 valence electrons. The van der Waals surface area contributed by atoms with Crippen LogP contribution in [0, 0.1) is 13.8 Å². The van der Waals surface area contributed by atoms with Crippen LogP contribution in [0.15, 0.2) is 45.6 Å². The van der Waals surface area contributed by atoms with Crippen molar-refractivity contribution in [1.29, 1.82) is 0 Å². The minimum Gasteiger partial charge on any atom is -0.456 e. The highest BCUT2D eigenvalue weighted by Gasteiger charge is 2.08. The molecular weight excluding hydrogens is 212 g/mol. The number of fused-ring (bicyclic) bond motifs is 2. The summed E-state index contributed by atoms with van der Waals surface area (Å²) >= 11 is 0. The first-order chi connectivity index (χ1) is 8.16. The molecule has 0 aliphatic rings. The van der Waals surface area contributed by atoms with Crippen LogP contribution in [0.2, 0.25) is 0 Å². The lowest BCUT2D eigenvalue weighted by molar-refractivity contribution is 0.659. The topological polar surface area (TPSA) is 30.2 Å². The maximum atomic E-state index is 12.3. The summed E-state index contributed by atoms with van der Waals surface area (Å²) in [7, 11) is 0. The molecule has 2 nitrogen and oxygen atoms in total. The first-order valence-corrected chi connectivity index (χ1v) is 5.59. The van der Waals surface area contributed by atoms with Crippen molar-refractivity contribution < 1.29 is 4.42 Å². The first kappa shape index (κ1) is 10.1. The fourth-order valence-corrected chi connectivity index (χ4v) is 2.06. The Balaban J connectivity index is 2.60. The minimum absolute atomic E-state index is 0.0463. The monoisotopic (exact) mass is 224 g/mol. The second-order valence-electron chi connectivity index (χ2n) is 4.36. The van der Waals surface area contributed by atoms with Crippen LogP contribution in [0.25, 0.3) is 21.9 Å². The lowest BCUT2D eigenvalue weighted by Gasteiger charge is -2.04. The molecule has 0 spiro atoms. The van der Waals surface area contributed by atoms with Gasteiger partial charge in [0.1, 0.15) is 11.2 Å². The molecule has 0 fully saturated rings. The number of hydrogen-bond donors (Lipinski definition) is 0. The summed E-state index contributed by atoms with van der Waals surface area (Å²) in [5.41, 5.74) is 3.60. The zero-order chi connectivity index (χ0) is 12.0. The molecule has 0 saturated carbocycles. The Kier molecular flexibility index (Phi) is 2.05. The van der Waals surface area contributed by atoms with Crippen molar-refractivity contribution in [3.8, 4) is 0 Å². The molecule has 3 rings (SSSR count). The van der Waals surface area contributed by atoms with Crippen LogP contribution >= 0.6 is 0 Å². The second-order valence-corrected chi connectivity index (χ2v) is 4.36. The van der Waals surface area contributed by atoms with Gasteiger partial charge in [0.2, 0.25) is 5.43 Å². The van der Waals surface area contributed by atoms with E-state index >= 15 is 0 Å². The van der Waals surface area contributed by atoms with Gasteiger partial charge in [0.25, 0.3) is 0 Å². The normalized spacial score (nSPS) is 11.2. The summed E-state index contributed by atoms with van der Waals surface area (Å²) in [6.07, 6.45) is 0.